The van der Waals surface area contributed by atoms with Crippen LogP contribution in [0.25, 0.3) is 0 Å². The zero-order valence-electron chi connectivity index (χ0n) is 11.0. The van der Waals surface area contributed by atoms with E-state index in [9.17, 15) is 4.79 Å². The Morgan fingerprint density at radius 2 is 1.53 bits per heavy atom. The van der Waals surface area contributed by atoms with Crippen LogP contribution in [0.2, 0.25) is 0 Å². The lowest BCUT2D eigenvalue weighted by molar-refractivity contribution is 0.262. The molecule has 0 heterocycles. The van der Waals surface area contributed by atoms with Gasteiger partial charge in [0.25, 0.3) is 0 Å². The summed E-state index contributed by atoms with van der Waals surface area (Å²) in [6.07, 6.45) is 0. The van der Waals surface area contributed by atoms with Crippen molar-refractivity contribution >= 4 is 23.1 Å². The van der Waals surface area contributed by atoms with E-state index in [1.165, 1.54) is 0 Å². The quantitative estimate of drug-likeness (QED) is 0.719. The number of aryl methyl sites for hydroxylation is 2. The van der Waals surface area contributed by atoms with E-state index < -0.39 is 0 Å². The number of hydrogen-bond acceptors (Lipinski definition) is 2. The van der Waals surface area contributed by atoms with Crippen LogP contribution in [0, 0.1) is 13.8 Å². The van der Waals surface area contributed by atoms with Crippen LogP contribution in [0.15, 0.2) is 42.5 Å². The predicted octanol–water partition coefficient (Wildman–Crippen LogP) is 3.53. The number of carbonyl (C=O) groups excluding carboxylic acids is 1. The molecule has 2 amide bonds. The highest BCUT2D eigenvalue weighted by Gasteiger charge is 2.03. The number of carbonyl (C=O) groups is 1. The second kappa shape index (κ2) is 5.44. The van der Waals surface area contributed by atoms with Crippen molar-refractivity contribution in [3.63, 3.8) is 0 Å². The molecule has 19 heavy (non-hydrogen) atoms. The van der Waals surface area contributed by atoms with Crippen molar-refractivity contribution in [1.82, 2.24) is 0 Å². The largest absolute Gasteiger partial charge is 0.399 e. The number of anilines is 3. The number of amides is 2. The van der Waals surface area contributed by atoms with Crippen LogP contribution in [0.4, 0.5) is 21.9 Å². The molecule has 0 saturated carbocycles. The van der Waals surface area contributed by atoms with Crippen LogP contribution < -0.4 is 16.4 Å². The first-order chi connectivity index (χ1) is 9.04. The van der Waals surface area contributed by atoms with Gasteiger partial charge in [-0.1, -0.05) is 17.7 Å². The standard InChI is InChI=1S/C15H17N3O/c1-10-3-5-12(6-4-10)17-15(19)18-13-7-8-14(16)11(2)9-13/h3-9H,16H2,1-2H3,(H2,17,18,19). The number of hydrogen-bond donors (Lipinski definition) is 3. The number of nitrogen functional groups attached to an aromatic ring is 1. The first kappa shape index (κ1) is 13.0. The number of rotatable bonds is 2. The zero-order valence-corrected chi connectivity index (χ0v) is 11.0. The van der Waals surface area contributed by atoms with Gasteiger partial charge in [-0.25, -0.2) is 4.79 Å². The molecule has 0 aliphatic carbocycles. The topological polar surface area (TPSA) is 67.2 Å². The molecule has 0 aliphatic rings. The van der Waals surface area contributed by atoms with Crippen molar-refractivity contribution in [3.05, 3.63) is 53.6 Å². The normalized spacial score (nSPS) is 10.0. The Morgan fingerprint density at radius 3 is 2.16 bits per heavy atom. The van der Waals surface area contributed by atoms with Gasteiger partial charge in [0.15, 0.2) is 0 Å². The maximum Gasteiger partial charge on any atom is 0.323 e. The average molecular weight is 255 g/mol. The molecule has 0 fully saturated rings. The van der Waals surface area contributed by atoms with Crippen LogP contribution in [0.3, 0.4) is 0 Å². The molecular weight excluding hydrogens is 238 g/mol. The highest BCUT2D eigenvalue weighted by atomic mass is 16.2. The zero-order chi connectivity index (χ0) is 13.8. The van der Waals surface area contributed by atoms with Crippen molar-refractivity contribution in [2.24, 2.45) is 0 Å². The highest BCUT2D eigenvalue weighted by Crippen LogP contribution is 2.17. The molecule has 2 aromatic carbocycles. The summed E-state index contributed by atoms with van der Waals surface area (Å²) >= 11 is 0. The molecule has 0 aromatic heterocycles. The minimum atomic E-state index is -0.270. The SMILES string of the molecule is Cc1ccc(NC(=O)Nc2ccc(N)c(C)c2)cc1. The minimum absolute atomic E-state index is 0.270. The summed E-state index contributed by atoms with van der Waals surface area (Å²) in [7, 11) is 0. The maximum atomic E-state index is 11.8. The third kappa shape index (κ3) is 3.48. The van der Waals surface area contributed by atoms with Gasteiger partial charge in [0, 0.05) is 17.1 Å². The smallest absolute Gasteiger partial charge is 0.323 e. The fourth-order valence-electron chi connectivity index (χ4n) is 1.68. The second-order valence-corrected chi connectivity index (χ2v) is 4.52. The summed E-state index contributed by atoms with van der Waals surface area (Å²) in [6.45, 7) is 3.90. The van der Waals surface area contributed by atoms with Crippen LogP contribution in [-0.4, -0.2) is 6.03 Å². The molecule has 0 saturated heterocycles. The molecule has 0 aliphatic heterocycles. The summed E-state index contributed by atoms with van der Waals surface area (Å²) in [6, 6.07) is 12.7. The third-order valence-electron chi connectivity index (χ3n) is 2.84. The van der Waals surface area contributed by atoms with E-state index in [1.54, 1.807) is 12.1 Å². The summed E-state index contributed by atoms with van der Waals surface area (Å²) < 4.78 is 0. The van der Waals surface area contributed by atoms with Crippen LogP contribution in [0.1, 0.15) is 11.1 Å². The fraction of sp³-hybridized carbons (Fsp3) is 0.133. The average Bonchev–Trinajstić information content (AvgIpc) is 2.37. The Labute approximate surface area is 112 Å². The first-order valence-electron chi connectivity index (χ1n) is 6.05. The molecule has 0 bridgehead atoms. The Morgan fingerprint density at radius 1 is 0.947 bits per heavy atom. The van der Waals surface area contributed by atoms with Gasteiger partial charge in [-0.05, 0) is 49.7 Å². The van der Waals surface area contributed by atoms with Gasteiger partial charge < -0.3 is 16.4 Å². The van der Waals surface area contributed by atoms with Gasteiger partial charge in [0.2, 0.25) is 0 Å². The second-order valence-electron chi connectivity index (χ2n) is 4.52. The molecule has 0 radical (unpaired) electrons. The lowest BCUT2D eigenvalue weighted by atomic mass is 10.2. The summed E-state index contributed by atoms with van der Waals surface area (Å²) in [5, 5.41) is 5.54. The predicted molar refractivity (Wildman–Crippen MR) is 79.4 cm³/mol. The molecule has 4 nitrogen and oxygen atoms in total. The Balaban J connectivity index is 2.01. The van der Waals surface area contributed by atoms with Gasteiger partial charge in [0.05, 0.1) is 0 Å². The van der Waals surface area contributed by atoms with E-state index >= 15 is 0 Å². The summed E-state index contributed by atoms with van der Waals surface area (Å²) in [4.78, 5) is 11.8. The van der Waals surface area contributed by atoms with Crippen molar-refractivity contribution < 1.29 is 4.79 Å². The molecular formula is C15H17N3O. The lowest BCUT2D eigenvalue weighted by Gasteiger charge is -2.09. The van der Waals surface area contributed by atoms with E-state index in [2.05, 4.69) is 10.6 Å². The monoisotopic (exact) mass is 255 g/mol. The van der Waals surface area contributed by atoms with E-state index in [4.69, 9.17) is 5.73 Å². The van der Waals surface area contributed by atoms with E-state index in [-0.39, 0.29) is 6.03 Å². The van der Waals surface area contributed by atoms with E-state index in [0.717, 1.165) is 22.5 Å². The van der Waals surface area contributed by atoms with E-state index in [1.807, 2.05) is 44.2 Å². The fourth-order valence-corrected chi connectivity index (χ4v) is 1.68. The van der Waals surface area contributed by atoms with Crippen molar-refractivity contribution in [3.8, 4) is 0 Å². The van der Waals surface area contributed by atoms with Crippen molar-refractivity contribution in [2.45, 2.75) is 13.8 Å². The number of nitrogens with one attached hydrogen (secondary N) is 2. The van der Waals surface area contributed by atoms with Crippen LogP contribution in [0.5, 0.6) is 0 Å². The van der Waals surface area contributed by atoms with Gasteiger partial charge >= 0.3 is 6.03 Å². The lowest BCUT2D eigenvalue weighted by Crippen LogP contribution is -2.19. The summed E-state index contributed by atoms with van der Waals surface area (Å²) in [5.74, 6) is 0. The number of nitrogens with two attached hydrogens (primary N) is 1. The van der Waals surface area contributed by atoms with Gasteiger partial charge in [-0.2, -0.15) is 0 Å². The highest BCUT2D eigenvalue weighted by molar-refractivity contribution is 5.99. The van der Waals surface area contributed by atoms with Crippen molar-refractivity contribution in [2.75, 3.05) is 16.4 Å². The third-order valence-corrected chi connectivity index (χ3v) is 2.84. The molecule has 4 heteroatoms. The number of benzene rings is 2. The van der Waals surface area contributed by atoms with Gasteiger partial charge in [-0.3, -0.25) is 0 Å². The van der Waals surface area contributed by atoms with E-state index in [0.29, 0.717) is 5.69 Å². The Bertz CT molecular complexity index is 591. The van der Waals surface area contributed by atoms with Gasteiger partial charge in [-0.15, -0.1) is 0 Å². The Kier molecular flexibility index (Phi) is 3.71. The summed E-state index contributed by atoms with van der Waals surface area (Å²) in [5.41, 5.74) is 10.0. The molecule has 2 rings (SSSR count). The molecule has 0 unspecified atom stereocenters. The number of urea groups is 1. The van der Waals surface area contributed by atoms with Crippen LogP contribution in [-0.2, 0) is 0 Å². The maximum absolute atomic E-state index is 11.8. The molecule has 2 aromatic rings. The van der Waals surface area contributed by atoms with Gasteiger partial charge in [0.1, 0.15) is 0 Å². The first-order valence-corrected chi connectivity index (χ1v) is 6.05. The van der Waals surface area contributed by atoms with Crippen LogP contribution >= 0.6 is 0 Å². The molecule has 0 atom stereocenters. The molecule has 98 valence electrons. The molecule has 4 N–H and O–H groups in total. The minimum Gasteiger partial charge on any atom is -0.399 e. The van der Waals surface area contributed by atoms with Crippen molar-refractivity contribution in [1.29, 1.82) is 0 Å². The Hall–Kier alpha value is -2.49. The molecule has 0 spiro atoms.